The van der Waals surface area contributed by atoms with Crippen LogP contribution >= 0.6 is 0 Å². The molecule has 2 saturated heterocycles. The molecule has 3 rings (SSSR count). The minimum absolute atomic E-state index is 0.0101. The number of aryl methyl sites for hydroxylation is 1. The number of nitrogens with one attached hydrogen (secondary N) is 2. The number of hydrogen-bond donors (Lipinski definition) is 2. The summed E-state index contributed by atoms with van der Waals surface area (Å²) in [4.78, 5) is 2.18. The molecule has 2 N–H and O–H groups in total. The van der Waals surface area contributed by atoms with Gasteiger partial charge >= 0.3 is 0 Å². The summed E-state index contributed by atoms with van der Waals surface area (Å²) >= 11 is 0. The van der Waals surface area contributed by atoms with Gasteiger partial charge in [0, 0.05) is 44.0 Å². The highest BCUT2D eigenvalue weighted by molar-refractivity contribution is 7.87. The second kappa shape index (κ2) is 6.53. The fraction of sp³-hybridized carbons (Fsp3) is 0.769. The summed E-state index contributed by atoms with van der Waals surface area (Å²) in [5.41, 5.74) is 1.03. The number of nitrogens with zero attached hydrogens (tertiary/aromatic N) is 3. The Labute approximate surface area is 131 Å². The number of aromatic nitrogens is 2. The molecule has 2 fully saturated rings. The Bertz CT molecular complexity index is 589. The molecule has 0 radical (unpaired) electrons. The van der Waals surface area contributed by atoms with E-state index in [2.05, 4.69) is 19.8 Å². The number of hydrogen-bond acceptors (Lipinski definition) is 5. The normalized spacial score (nSPS) is 22.1. The number of morpholine rings is 1. The van der Waals surface area contributed by atoms with Gasteiger partial charge in [0.25, 0.3) is 10.2 Å². The van der Waals surface area contributed by atoms with Crippen LogP contribution in [0.3, 0.4) is 0 Å². The van der Waals surface area contributed by atoms with Crippen molar-refractivity contribution in [1.29, 1.82) is 0 Å². The van der Waals surface area contributed by atoms with Crippen molar-refractivity contribution in [3.8, 4) is 0 Å². The maximum absolute atomic E-state index is 12.3. The quantitative estimate of drug-likeness (QED) is 0.802. The first-order valence-corrected chi connectivity index (χ1v) is 9.11. The minimum atomic E-state index is -3.40. The zero-order valence-corrected chi connectivity index (χ0v) is 13.6. The van der Waals surface area contributed by atoms with Crippen molar-refractivity contribution in [3.05, 3.63) is 11.8 Å². The maximum Gasteiger partial charge on any atom is 0.279 e. The number of H-pyrrole nitrogens is 1. The molecule has 0 saturated carbocycles. The van der Waals surface area contributed by atoms with Gasteiger partial charge in [-0.3, -0.25) is 5.10 Å². The van der Waals surface area contributed by atoms with Gasteiger partial charge in [-0.1, -0.05) is 0 Å². The van der Waals surface area contributed by atoms with Crippen LogP contribution in [-0.2, 0) is 14.9 Å². The Hall–Kier alpha value is -1.16. The van der Waals surface area contributed by atoms with Crippen molar-refractivity contribution in [3.63, 3.8) is 0 Å². The van der Waals surface area contributed by atoms with Gasteiger partial charge in [0.05, 0.1) is 13.2 Å². The zero-order valence-electron chi connectivity index (χ0n) is 12.8. The highest BCUT2D eigenvalue weighted by atomic mass is 32.2. The summed E-state index contributed by atoms with van der Waals surface area (Å²) in [5.74, 6) is 0.937. The van der Waals surface area contributed by atoms with Gasteiger partial charge in [-0.25, -0.2) is 0 Å². The molecule has 8 nitrogen and oxygen atoms in total. The van der Waals surface area contributed by atoms with Crippen molar-refractivity contribution in [2.24, 2.45) is 0 Å². The first kappa shape index (κ1) is 15.7. The molecule has 2 aliphatic heterocycles. The molecule has 124 valence electrons. The number of rotatable bonds is 4. The predicted molar refractivity (Wildman–Crippen MR) is 83.0 cm³/mol. The van der Waals surface area contributed by atoms with Crippen LogP contribution < -0.4 is 9.62 Å². The topological polar surface area (TPSA) is 90.6 Å². The van der Waals surface area contributed by atoms with Crippen molar-refractivity contribution >= 4 is 16.0 Å². The number of anilines is 1. The van der Waals surface area contributed by atoms with E-state index in [1.807, 2.05) is 13.0 Å². The van der Waals surface area contributed by atoms with E-state index >= 15 is 0 Å². The molecular weight excluding hydrogens is 306 g/mol. The van der Waals surface area contributed by atoms with Crippen LogP contribution in [0.15, 0.2) is 6.07 Å². The van der Waals surface area contributed by atoms with Crippen molar-refractivity contribution < 1.29 is 13.2 Å². The van der Waals surface area contributed by atoms with Gasteiger partial charge < -0.3 is 9.64 Å². The predicted octanol–water partition coefficient (Wildman–Crippen LogP) is -0.146. The Morgan fingerprint density at radius 1 is 1.27 bits per heavy atom. The molecule has 9 heteroatoms. The average Bonchev–Trinajstić information content (AvgIpc) is 2.95. The van der Waals surface area contributed by atoms with Crippen LogP contribution in [0.4, 0.5) is 5.82 Å². The fourth-order valence-corrected chi connectivity index (χ4v) is 4.30. The van der Waals surface area contributed by atoms with E-state index in [9.17, 15) is 8.42 Å². The van der Waals surface area contributed by atoms with E-state index in [0.717, 1.165) is 37.4 Å². The number of ether oxygens (including phenoxy) is 1. The second-order valence-electron chi connectivity index (χ2n) is 5.80. The van der Waals surface area contributed by atoms with Crippen LogP contribution in [0, 0.1) is 6.92 Å². The summed E-state index contributed by atoms with van der Waals surface area (Å²) in [6.07, 6.45) is 1.57. The Kier molecular flexibility index (Phi) is 4.67. The van der Waals surface area contributed by atoms with E-state index in [4.69, 9.17) is 4.74 Å². The third-order valence-electron chi connectivity index (χ3n) is 4.14. The van der Waals surface area contributed by atoms with Gasteiger partial charge in [0.1, 0.15) is 0 Å². The maximum atomic E-state index is 12.3. The monoisotopic (exact) mass is 329 g/mol. The number of aromatic amines is 1. The first-order valence-electron chi connectivity index (χ1n) is 7.67. The largest absolute Gasteiger partial charge is 0.379 e. The van der Waals surface area contributed by atoms with Gasteiger partial charge in [-0.2, -0.15) is 22.5 Å². The van der Waals surface area contributed by atoms with Crippen LogP contribution in [0.2, 0.25) is 0 Å². The van der Waals surface area contributed by atoms with Crippen LogP contribution in [0.1, 0.15) is 18.5 Å². The van der Waals surface area contributed by atoms with Gasteiger partial charge in [-0.05, 0) is 19.8 Å². The molecule has 0 amide bonds. The summed E-state index contributed by atoms with van der Waals surface area (Å²) in [7, 11) is -3.40. The lowest BCUT2D eigenvalue weighted by atomic mass is 10.1. The van der Waals surface area contributed by atoms with E-state index < -0.39 is 10.2 Å². The molecule has 2 aliphatic rings. The fourth-order valence-electron chi connectivity index (χ4n) is 2.86. The van der Waals surface area contributed by atoms with Crippen molar-refractivity contribution in [2.75, 3.05) is 44.3 Å². The van der Waals surface area contributed by atoms with E-state index in [0.29, 0.717) is 26.3 Å². The smallest absolute Gasteiger partial charge is 0.279 e. The van der Waals surface area contributed by atoms with Crippen LogP contribution in [0.5, 0.6) is 0 Å². The second-order valence-corrected chi connectivity index (χ2v) is 7.51. The van der Waals surface area contributed by atoms with Crippen molar-refractivity contribution in [2.45, 2.75) is 25.8 Å². The molecule has 0 aliphatic carbocycles. The zero-order chi connectivity index (χ0) is 15.6. The Balaban J connectivity index is 1.53. The van der Waals surface area contributed by atoms with E-state index in [1.54, 1.807) is 0 Å². The highest BCUT2D eigenvalue weighted by Crippen LogP contribution is 2.19. The Morgan fingerprint density at radius 3 is 2.55 bits per heavy atom. The molecule has 0 unspecified atom stereocenters. The van der Waals surface area contributed by atoms with E-state index in [1.165, 1.54) is 4.31 Å². The highest BCUT2D eigenvalue weighted by Gasteiger charge is 2.29. The average molecular weight is 329 g/mol. The number of piperidine rings is 1. The van der Waals surface area contributed by atoms with Crippen LogP contribution in [-0.4, -0.2) is 68.4 Å². The molecule has 0 bridgehead atoms. The third-order valence-corrected chi connectivity index (χ3v) is 5.81. The SMILES string of the molecule is Cc1cc(N2CCC(NS(=O)(=O)N3CCOCC3)CC2)n[nH]1. The Morgan fingerprint density at radius 2 is 1.95 bits per heavy atom. The molecule has 0 spiro atoms. The van der Waals surface area contributed by atoms with E-state index in [-0.39, 0.29) is 6.04 Å². The lowest BCUT2D eigenvalue weighted by Crippen LogP contribution is -2.52. The molecule has 22 heavy (non-hydrogen) atoms. The van der Waals surface area contributed by atoms with Crippen molar-refractivity contribution in [1.82, 2.24) is 19.2 Å². The summed E-state index contributed by atoms with van der Waals surface area (Å²) in [5, 5.41) is 7.19. The molecular formula is C13H23N5O3S. The molecule has 0 atom stereocenters. The molecule has 3 heterocycles. The molecule has 1 aromatic rings. The lowest BCUT2D eigenvalue weighted by Gasteiger charge is -2.34. The summed E-state index contributed by atoms with van der Waals surface area (Å²) < 4.78 is 34.2. The van der Waals surface area contributed by atoms with Gasteiger partial charge in [0.15, 0.2) is 5.82 Å². The molecule has 1 aromatic heterocycles. The molecule has 0 aromatic carbocycles. The van der Waals surface area contributed by atoms with Crippen LogP contribution in [0.25, 0.3) is 0 Å². The minimum Gasteiger partial charge on any atom is -0.379 e. The third kappa shape index (κ3) is 3.60. The summed E-state index contributed by atoms with van der Waals surface area (Å²) in [6.45, 7) is 5.39. The standard InChI is InChI=1S/C13H23N5O3S/c1-11-10-13(15-14-11)17-4-2-12(3-5-17)16-22(19,20)18-6-8-21-9-7-18/h10,12,16H,2-9H2,1H3,(H,14,15). The first-order chi connectivity index (χ1) is 10.5. The van der Waals surface area contributed by atoms with Gasteiger partial charge in [-0.15, -0.1) is 0 Å². The van der Waals surface area contributed by atoms with Gasteiger partial charge in [0.2, 0.25) is 0 Å². The lowest BCUT2D eigenvalue weighted by molar-refractivity contribution is 0.0722. The summed E-state index contributed by atoms with van der Waals surface area (Å²) in [6, 6.07) is 2.00.